The van der Waals surface area contributed by atoms with Crippen LogP contribution in [-0.4, -0.2) is 26.0 Å². The Labute approximate surface area is 182 Å². The normalized spacial score (nSPS) is 15.4. The van der Waals surface area contributed by atoms with Gasteiger partial charge >= 0.3 is 6.18 Å². The molecule has 4 rings (SSSR count). The van der Waals surface area contributed by atoms with E-state index in [9.17, 15) is 23.1 Å². The molecule has 7 nitrogen and oxygen atoms in total. The zero-order chi connectivity index (χ0) is 23.5. The number of H-pyrrole nitrogens is 1. The minimum absolute atomic E-state index is 0.236. The van der Waals surface area contributed by atoms with E-state index in [1.54, 1.807) is 23.0 Å². The quantitative estimate of drug-likeness (QED) is 0.513. The topological polar surface area (TPSA) is 107 Å². The summed E-state index contributed by atoms with van der Waals surface area (Å²) in [6, 6.07) is 8.86. The summed E-state index contributed by atoms with van der Waals surface area (Å²) < 4.78 is 41.5. The second kappa shape index (κ2) is 9.04. The van der Waals surface area contributed by atoms with Crippen molar-refractivity contribution in [3.8, 4) is 6.07 Å². The summed E-state index contributed by atoms with van der Waals surface area (Å²) in [6.07, 6.45) is -1.43. The molecule has 1 aliphatic carbocycles. The molecule has 0 bridgehead atoms. The Hall–Kier alpha value is -3.32. The van der Waals surface area contributed by atoms with E-state index < -0.39 is 18.2 Å². The van der Waals surface area contributed by atoms with Gasteiger partial charge in [-0.3, -0.25) is 9.48 Å². The third-order valence-corrected chi connectivity index (χ3v) is 5.41. The van der Waals surface area contributed by atoms with Crippen molar-refractivity contribution >= 4 is 22.4 Å². The molecule has 1 saturated carbocycles. The van der Waals surface area contributed by atoms with Crippen molar-refractivity contribution < 1.29 is 18.3 Å². The Kier molecular flexibility index (Phi) is 6.60. The molecule has 3 aromatic rings. The maximum Gasteiger partial charge on any atom is 0.421 e. The van der Waals surface area contributed by atoms with Crippen LogP contribution in [0.2, 0.25) is 0 Å². The minimum atomic E-state index is -4.78. The highest BCUT2D eigenvalue weighted by atomic mass is 19.4. The number of hydrogen-bond acceptors (Lipinski definition) is 5. The predicted molar refractivity (Wildman–Crippen MR) is 114 cm³/mol. The first kappa shape index (κ1) is 23.3. The third kappa shape index (κ3) is 4.62. The molecule has 0 spiro atoms. The van der Waals surface area contributed by atoms with Gasteiger partial charge in [0, 0.05) is 25.4 Å². The Balaban J connectivity index is 0.000000913. The van der Waals surface area contributed by atoms with Gasteiger partial charge in [-0.25, -0.2) is 0 Å². The fraction of sp³-hybridized carbons (Fsp3) is 0.409. The number of aromatic nitrogens is 3. The first-order valence-corrected chi connectivity index (χ1v) is 10.2. The van der Waals surface area contributed by atoms with E-state index in [0.29, 0.717) is 28.3 Å². The molecule has 1 fully saturated rings. The predicted octanol–water partition coefficient (Wildman–Crippen LogP) is 4.57. The summed E-state index contributed by atoms with van der Waals surface area (Å²) in [5, 5.41) is 25.3. The Morgan fingerprint density at radius 2 is 1.91 bits per heavy atom. The standard InChI is InChI=1S/C20H21F3N4O2.C2H3N/c1-2-19(29,20(21,22)23)13-5-7-14(8-6-13)25-17-16-15(9-10-24-18(16)28)27(26-17)11-12-3-4-12;1-2-3/h5-10,12,29H,2-4,11H2,1H3,(H,24,28)(H,25,26);1H3. The highest BCUT2D eigenvalue weighted by molar-refractivity contribution is 5.91. The van der Waals surface area contributed by atoms with Gasteiger partial charge in [0.05, 0.1) is 11.6 Å². The molecule has 0 saturated heterocycles. The summed E-state index contributed by atoms with van der Waals surface area (Å²) in [5.41, 5.74) is -2.25. The van der Waals surface area contributed by atoms with E-state index in [1.165, 1.54) is 38.1 Å². The van der Waals surface area contributed by atoms with Gasteiger partial charge in [-0.2, -0.15) is 23.5 Å². The van der Waals surface area contributed by atoms with Gasteiger partial charge in [0.2, 0.25) is 0 Å². The number of nitrogens with zero attached hydrogens (tertiary/aromatic N) is 3. The van der Waals surface area contributed by atoms with Gasteiger partial charge in [0.1, 0.15) is 5.39 Å². The number of halogens is 3. The van der Waals surface area contributed by atoms with Crippen LogP contribution in [0.1, 0.15) is 38.7 Å². The summed E-state index contributed by atoms with van der Waals surface area (Å²) >= 11 is 0. The number of anilines is 2. The minimum Gasteiger partial charge on any atom is -0.376 e. The van der Waals surface area contributed by atoms with Crippen LogP contribution < -0.4 is 10.9 Å². The number of nitrogens with one attached hydrogen (secondary N) is 2. The number of pyridine rings is 1. The molecule has 1 atom stereocenters. The van der Waals surface area contributed by atoms with E-state index in [1.807, 2.05) is 0 Å². The van der Waals surface area contributed by atoms with Gasteiger partial charge in [-0.15, -0.1) is 0 Å². The lowest BCUT2D eigenvalue weighted by molar-refractivity contribution is -0.267. The van der Waals surface area contributed by atoms with E-state index in [0.717, 1.165) is 19.4 Å². The lowest BCUT2D eigenvalue weighted by atomic mass is 9.90. The van der Waals surface area contributed by atoms with Crippen molar-refractivity contribution in [2.45, 2.75) is 51.4 Å². The van der Waals surface area contributed by atoms with Crippen LogP contribution in [0.5, 0.6) is 0 Å². The Morgan fingerprint density at radius 3 is 2.44 bits per heavy atom. The van der Waals surface area contributed by atoms with Crippen LogP contribution in [0.25, 0.3) is 10.9 Å². The average molecular weight is 447 g/mol. The smallest absolute Gasteiger partial charge is 0.376 e. The molecule has 1 unspecified atom stereocenters. The summed E-state index contributed by atoms with van der Waals surface area (Å²) in [5.74, 6) is 0.899. The maximum absolute atomic E-state index is 13.3. The molecule has 1 aliphatic rings. The molecule has 32 heavy (non-hydrogen) atoms. The van der Waals surface area contributed by atoms with Crippen LogP contribution in [0.15, 0.2) is 41.3 Å². The molecule has 1 aromatic carbocycles. The lowest BCUT2D eigenvalue weighted by Gasteiger charge is -2.29. The third-order valence-electron chi connectivity index (χ3n) is 5.41. The van der Waals surface area contributed by atoms with Crippen molar-refractivity contribution in [1.29, 1.82) is 5.26 Å². The highest BCUT2D eigenvalue weighted by Crippen LogP contribution is 2.41. The molecule has 2 heterocycles. The van der Waals surface area contributed by atoms with Gasteiger partial charge in [-0.05, 0) is 48.9 Å². The number of alkyl halides is 3. The lowest BCUT2D eigenvalue weighted by Crippen LogP contribution is -2.41. The molecule has 0 amide bonds. The highest BCUT2D eigenvalue weighted by Gasteiger charge is 2.53. The number of hydrogen-bond donors (Lipinski definition) is 3. The number of nitriles is 1. The molecule has 3 N–H and O–H groups in total. The first-order valence-electron chi connectivity index (χ1n) is 10.2. The zero-order valence-electron chi connectivity index (χ0n) is 17.7. The van der Waals surface area contributed by atoms with Crippen molar-refractivity contribution in [3.05, 3.63) is 52.4 Å². The van der Waals surface area contributed by atoms with E-state index >= 15 is 0 Å². The number of aliphatic hydroxyl groups is 1. The molecular formula is C22H24F3N5O2. The maximum atomic E-state index is 13.3. The Morgan fingerprint density at radius 1 is 1.28 bits per heavy atom. The fourth-order valence-electron chi connectivity index (χ4n) is 3.44. The summed E-state index contributed by atoms with van der Waals surface area (Å²) in [7, 11) is 0. The number of fused-ring (bicyclic) bond motifs is 1. The Bertz CT molecular complexity index is 1170. The molecular weight excluding hydrogens is 423 g/mol. The van der Waals surface area contributed by atoms with Crippen molar-refractivity contribution in [2.24, 2.45) is 5.92 Å². The number of benzene rings is 1. The van der Waals surface area contributed by atoms with Crippen molar-refractivity contribution in [1.82, 2.24) is 14.8 Å². The van der Waals surface area contributed by atoms with Crippen LogP contribution in [0.3, 0.4) is 0 Å². The first-order chi connectivity index (χ1) is 15.1. The average Bonchev–Trinajstić information content (AvgIpc) is 3.49. The molecule has 0 radical (unpaired) electrons. The van der Waals surface area contributed by atoms with Crippen molar-refractivity contribution in [2.75, 3.05) is 5.32 Å². The van der Waals surface area contributed by atoms with Crippen LogP contribution >= 0.6 is 0 Å². The van der Waals surface area contributed by atoms with Gasteiger partial charge in [0.15, 0.2) is 11.4 Å². The van der Waals surface area contributed by atoms with Gasteiger partial charge < -0.3 is 15.4 Å². The molecule has 0 aliphatic heterocycles. The SMILES string of the molecule is CC#N.CCC(O)(c1ccc(Nc2nn(CC3CC3)c3cc[nH]c(=O)c23)cc1)C(F)(F)F. The van der Waals surface area contributed by atoms with Crippen LogP contribution in [0.4, 0.5) is 24.7 Å². The van der Waals surface area contributed by atoms with Crippen LogP contribution in [-0.2, 0) is 12.1 Å². The second-order valence-corrected chi connectivity index (χ2v) is 7.68. The second-order valence-electron chi connectivity index (χ2n) is 7.68. The summed E-state index contributed by atoms with van der Waals surface area (Å²) in [6.45, 7) is 3.43. The van der Waals surface area contributed by atoms with Crippen LogP contribution in [0, 0.1) is 17.2 Å². The molecule has 2 aromatic heterocycles. The monoisotopic (exact) mass is 447 g/mol. The van der Waals surface area contributed by atoms with Gasteiger partial charge in [0.25, 0.3) is 5.56 Å². The van der Waals surface area contributed by atoms with Crippen molar-refractivity contribution in [3.63, 3.8) is 0 Å². The van der Waals surface area contributed by atoms with E-state index in [-0.39, 0.29) is 11.1 Å². The molecule has 170 valence electrons. The summed E-state index contributed by atoms with van der Waals surface area (Å²) in [4.78, 5) is 15.0. The zero-order valence-corrected chi connectivity index (χ0v) is 17.7. The van der Waals surface area contributed by atoms with Gasteiger partial charge in [-0.1, -0.05) is 19.1 Å². The van der Waals surface area contributed by atoms with E-state index in [4.69, 9.17) is 5.26 Å². The largest absolute Gasteiger partial charge is 0.421 e. The number of rotatable bonds is 6. The number of aromatic amines is 1. The van der Waals surface area contributed by atoms with E-state index in [2.05, 4.69) is 15.4 Å². The fourth-order valence-corrected chi connectivity index (χ4v) is 3.44. The molecule has 10 heteroatoms.